The van der Waals surface area contributed by atoms with Crippen LogP contribution in [0.25, 0.3) is 11.0 Å². The lowest BCUT2D eigenvalue weighted by Crippen LogP contribution is -2.15. The molecule has 0 bridgehead atoms. The van der Waals surface area contributed by atoms with Gasteiger partial charge in [-0.1, -0.05) is 18.2 Å². The molecule has 0 aliphatic rings. The number of nitrogens with two attached hydrogens (primary N) is 1. The fourth-order valence-corrected chi connectivity index (χ4v) is 2.57. The van der Waals surface area contributed by atoms with E-state index >= 15 is 0 Å². The fraction of sp³-hybridized carbons (Fsp3) is 0.0667. The van der Waals surface area contributed by atoms with E-state index in [-0.39, 0.29) is 10.0 Å². The van der Waals surface area contributed by atoms with E-state index in [4.69, 9.17) is 10.2 Å². The van der Waals surface area contributed by atoms with Gasteiger partial charge in [0.25, 0.3) is 0 Å². The summed E-state index contributed by atoms with van der Waals surface area (Å²) in [6.07, 6.45) is 1.44. The van der Waals surface area contributed by atoms with E-state index < -0.39 is 17.7 Å². The van der Waals surface area contributed by atoms with E-state index in [9.17, 15) is 8.78 Å². The summed E-state index contributed by atoms with van der Waals surface area (Å²) in [5.41, 5.74) is 7.05. The Balaban J connectivity index is 2.18. The molecule has 3 rings (SSSR count). The highest BCUT2D eigenvalue weighted by Gasteiger charge is 2.23. The summed E-state index contributed by atoms with van der Waals surface area (Å²) < 4.78 is 33.6. The molecule has 20 heavy (non-hydrogen) atoms. The first-order chi connectivity index (χ1) is 9.59. The van der Waals surface area contributed by atoms with Crippen LogP contribution in [0.2, 0.25) is 0 Å². The van der Waals surface area contributed by atoms with Gasteiger partial charge in [0, 0.05) is 16.5 Å². The minimum Gasteiger partial charge on any atom is -0.464 e. The molecule has 2 nitrogen and oxygen atoms in total. The van der Waals surface area contributed by atoms with Gasteiger partial charge in [-0.15, -0.1) is 0 Å². The van der Waals surface area contributed by atoms with Crippen molar-refractivity contribution in [3.05, 3.63) is 69.9 Å². The van der Waals surface area contributed by atoms with E-state index in [1.165, 1.54) is 18.4 Å². The Morgan fingerprint density at radius 2 is 1.85 bits per heavy atom. The molecule has 5 heteroatoms. The van der Waals surface area contributed by atoms with Crippen LogP contribution < -0.4 is 5.73 Å². The third-order valence-electron chi connectivity index (χ3n) is 3.24. The van der Waals surface area contributed by atoms with Crippen molar-refractivity contribution in [2.24, 2.45) is 5.73 Å². The summed E-state index contributed by atoms with van der Waals surface area (Å²) in [5.74, 6) is -1.37. The zero-order valence-corrected chi connectivity index (χ0v) is 11.8. The smallest absolute Gasteiger partial charge is 0.145 e. The molecule has 0 aliphatic carbocycles. The number of furan rings is 1. The summed E-state index contributed by atoms with van der Waals surface area (Å²) in [5, 5.41) is 0.749. The molecule has 1 heterocycles. The van der Waals surface area contributed by atoms with Crippen LogP contribution in [-0.2, 0) is 0 Å². The van der Waals surface area contributed by atoms with Crippen molar-refractivity contribution < 1.29 is 13.2 Å². The fourth-order valence-electron chi connectivity index (χ4n) is 2.22. The first-order valence-corrected chi connectivity index (χ1v) is 6.74. The zero-order chi connectivity index (χ0) is 14.3. The molecular formula is C15H10BrF2NO. The van der Waals surface area contributed by atoms with E-state index in [0.29, 0.717) is 11.1 Å². The monoisotopic (exact) mass is 337 g/mol. The summed E-state index contributed by atoms with van der Waals surface area (Å²) in [6.45, 7) is 0. The molecule has 0 spiro atoms. The van der Waals surface area contributed by atoms with Crippen LogP contribution >= 0.6 is 15.9 Å². The number of halogens is 3. The van der Waals surface area contributed by atoms with Gasteiger partial charge in [0.05, 0.1) is 16.8 Å². The van der Waals surface area contributed by atoms with Crippen molar-refractivity contribution in [3.8, 4) is 0 Å². The first-order valence-electron chi connectivity index (χ1n) is 5.94. The number of rotatable bonds is 2. The molecule has 0 saturated heterocycles. The van der Waals surface area contributed by atoms with Crippen molar-refractivity contribution in [3.63, 3.8) is 0 Å². The minimum atomic E-state index is -0.934. The van der Waals surface area contributed by atoms with Gasteiger partial charge in [-0.25, -0.2) is 8.78 Å². The Hall–Kier alpha value is -1.72. The molecule has 0 aliphatic heterocycles. The molecule has 0 radical (unpaired) electrons. The molecule has 1 aromatic heterocycles. The molecular weight excluding hydrogens is 328 g/mol. The molecule has 0 saturated carbocycles. The average Bonchev–Trinajstić information content (AvgIpc) is 2.87. The third kappa shape index (κ3) is 2.03. The van der Waals surface area contributed by atoms with Crippen LogP contribution in [-0.4, -0.2) is 0 Å². The van der Waals surface area contributed by atoms with Gasteiger partial charge in [-0.3, -0.25) is 0 Å². The summed E-state index contributed by atoms with van der Waals surface area (Å²) in [7, 11) is 0. The van der Waals surface area contributed by atoms with Crippen LogP contribution in [0, 0.1) is 11.6 Å². The Labute approximate surface area is 122 Å². The molecule has 0 fully saturated rings. The van der Waals surface area contributed by atoms with Gasteiger partial charge in [-0.2, -0.15) is 0 Å². The number of hydrogen-bond donors (Lipinski definition) is 1. The Morgan fingerprint density at radius 1 is 1.10 bits per heavy atom. The number of fused-ring (bicyclic) bond motifs is 1. The number of hydrogen-bond acceptors (Lipinski definition) is 2. The van der Waals surface area contributed by atoms with Gasteiger partial charge in [0.1, 0.15) is 17.2 Å². The molecule has 3 aromatic rings. The minimum absolute atomic E-state index is 0.175. The quantitative estimate of drug-likeness (QED) is 0.698. The second-order valence-corrected chi connectivity index (χ2v) is 5.28. The predicted octanol–water partition coefficient (Wildman–Crippen LogP) is 4.52. The lowest BCUT2D eigenvalue weighted by Gasteiger charge is -2.13. The van der Waals surface area contributed by atoms with Crippen LogP contribution in [0.15, 0.2) is 51.6 Å². The summed E-state index contributed by atoms with van der Waals surface area (Å²) >= 11 is 3.04. The Morgan fingerprint density at radius 3 is 2.65 bits per heavy atom. The summed E-state index contributed by atoms with van der Waals surface area (Å²) in [4.78, 5) is 0. The second kappa shape index (κ2) is 5.00. The van der Waals surface area contributed by atoms with Crippen LogP contribution in [0.3, 0.4) is 0 Å². The lowest BCUT2D eigenvalue weighted by atomic mass is 9.98. The van der Waals surface area contributed by atoms with E-state index in [1.54, 1.807) is 6.07 Å². The van der Waals surface area contributed by atoms with Crippen LogP contribution in [0.1, 0.15) is 17.2 Å². The molecule has 102 valence electrons. The standard InChI is InChI=1S/C15H10BrF2NO/c16-10-5-6-11(17)13(14(10)18)15(19)9-7-20-12-4-2-1-3-8(9)12/h1-7,15H,19H2. The number of benzene rings is 2. The van der Waals surface area contributed by atoms with Crippen LogP contribution in [0.5, 0.6) is 0 Å². The maximum atomic E-state index is 14.1. The van der Waals surface area contributed by atoms with Crippen molar-refractivity contribution in [1.82, 2.24) is 0 Å². The van der Waals surface area contributed by atoms with E-state index in [0.717, 1.165) is 5.39 Å². The molecule has 0 amide bonds. The second-order valence-electron chi connectivity index (χ2n) is 4.42. The Kier molecular flexibility index (Phi) is 3.31. The SMILES string of the molecule is NC(c1c(F)ccc(Br)c1F)c1coc2ccccc12. The molecule has 2 aromatic carbocycles. The maximum Gasteiger partial charge on any atom is 0.145 e. The van der Waals surface area contributed by atoms with Gasteiger partial charge < -0.3 is 10.2 Å². The van der Waals surface area contributed by atoms with Crippen molar-refractivity contribution in [2.75, 3.05) is 0 Å². The lowest BCUT2D eigenvalue weighted by molar-refractivity contribution is 0.537. The van der Waals surface area contributed by atoms with Crippen molar-refractivity contribution in [2.45, 2.75) is 6.04 Å². The average molecular weight is 338 g/mol. The topological polar surface area (TPSA) is 39.2 Å². The highest BCUT2D eigenvalue weighted by molar-refractivity contribution is 9.10. The normalized spacial score (nSPS) is 12.8. The van der Waals surface area contributed by atoms with Gasteiger partial charge in [-0.05, 0) is 34.1 Å². The largest absolute Gasteiger partial charge is 0.464 e. The van der Waals surface area contributed by atoms with Gasteiger partial charge >= 0.3 is 0 Å². The molecule has 1 atom stereocenters. The Bertz CT molecular complexity index is 785. The van der Waals surface area contributed by atoms with E-state index in [2.05, 4.69) is 15.9 Å². The predicted molar refractivity (Wildman–Crippen MR) is 76.3 cm³/mol. The number of para-hydroxylation sites is 1. The van der Waals surface area contributed by atoms with Gasteiger partial charge in [0.2, 0.25) is 0 Å². The zero-order valence-electron chi connectivity index (χ0n) is 10.2. The molecule has 1 unspecified atom stereocenters. The van der Waals surface area contributed by atoms with Crippen LogP contribution in [0.4, 0.5) is 8.78 Å². The summed E-state index contributed by atoms with van der Waals surface area (Å²) in [6, 6.07) is 8.79. The van der Waals surface area contributed by atoms with Crippen molar-refractivity contribution in [1.29, 1.82) is 0 Å². The first kappa shape index (κ1) is 13.3. The van der Waals surface area contributed by atoms with Gasteiger partial charge in [0.15, 0.2) is 0 Å². The highest BCUT2D eigenvalue weighted by atomic mass is 79.9. The molecule has 2 N–H and O–H groups in total. The highest BCUT2D eigenvalue weighted by Crippen LogP contribution is 2.33. The van der Waals surface area contributed by atoms with E-state index in [1.807, 2.05) is 18.2 Å². The third-order valence-corrected chi connectivity index (χ3v) is 3.85. The van der Waals surface area contributed by atoms with Crippen molar-refractivity contribution >= 4 is 26.9 Å². The maximum absolute atomic E-state index is 14.1.